The van der Waals surface area contributed by atoms with E-state index in [1.807, 2.05) is 24.3 Å². The molecular weight excluding hydrogens is 204 g/mol. The smallest absolute Gasteiger partial charge is 0.255 e. The summed E-state index contributed by atoms with van der Waals surface area (Å²) in [5.41, 5.74) is 1.63. The second kappa shape index (κ2) is 3.13. The molecule has 4 nitrogen and oxygen atoms in total. The average molecular weight is 212 g/mol. The number of benzene rings is 1. The Labute approximate surface area is 91.0 Å². The number of carbonyl (C=O) groups excluding carboxylic acids is 2. The molecule has 0 saturated carbocycles. The van der Waals surface area contributed by atoms with Gasteiger partial charge in [0.2, 0.25) is 5.91 Å². The van der Waals surface area contributed by atoms with Crippen molar-refractivity contribution in [2.75, 3.05) is 5.32 Å². The number of anilines is 1. The molecule has 0 saturated heterocycles. The van der Waals surface area contributed by atoms with Gasteiger partial charge in [-0.05, 0) is 11.6 Å². The van der Waals surface area contributed by atoms with Gasteiger partial charge in [0.25, 0.3) is 5.91 Å². The maximum absolute atomic E-state index is 11.4. The molecule has 0 spiro atoms. The van der Waals surface area contributed by atoms with E-state index in [-0.39, 0.29) is 12.3 Å². The summed E-state index contributed by atoms with van der Waals surface area (Å²) in [4.78, 5) is 26.7. The minimum Gasteiger partial charge on any atom is -0.324 e. The van der Waals surface area contributed by atoms with E-state index in [0.717, 1.165) is 10.8 Å². The maximum atomic E-state index is 11.4. The van der Waals surface area contributed by atoms with Gasteiger partial charge < -0.3 is 5.32 Å². The molecule has 1 N–H and O–H groups in total. The van der Waals surface area contributed by atoms with Crippen LogP contribution in [0.3, 0.4) is 0 Å². The van der Waals surface area contributed by atoms with E-state index in [2.05, 4.69) is 10.3 Å². The maximum Gasteiger partial charge on any atom is 0.255 e. The van der Waals surface area contributed by atoms with Crippen molar-refractivity contribution in [1.82, 2.24) is 0 Å². The van der Waals surface area contributed by atoms with Crippen LogP contribution in [-0.2, 0) is 9.59 Å². The SMILES string of the molecule is O=C1CC(=O)Nc2ccc3c(c2=N1)=CC=C3. The minimum absolute atomic E-state index is 0.184. The van der Waals surface area contributed by atoms with Crippen LogP contribution in [0.1, 0.15) is 12.0 Å². The number of fused-ring (bicyclic) bond motifs is 3. The number of amides is 2. The Hall–Kier alpha value is -2.23. The molecule has 2 aliphatic rings. The first-order valence-electron chi connectivity index (χ1n) is 4.97. The molecule has 16 heavy (non-hydrogen) atoms. The first-order valence-corrected chi connectivity index (χ1v) is 4.97. The van der Waals surface area contributed by atoms with E-state index in [9.17, 15) is 9.59 Å². The summed E-state index contributed by atoms with van der Waals surface area (Å²) in [5, 5.41) is 4.15. The van der Waals surface area contributed by atoms with E-state index in [0.29, 0.717) is 11.0 Å². The molecule has 0 unspecified atom stereocenters. The number of hydrogen-bond donors (Lipinski definition) is 1. The van der Waals surface area contributed by atoms with Gasteiger partial charge in [0.1, 0.15) is 6.42 Å². The van der Waals surface area contributed by atoms with E-state index in [1.165, 1.54) is 0 Å². The number of rotatable bonds is 0. The van der Waals surface area contributed by atoms with Crippen LogP contribution in [0.25, 0.3) is 12.2 Å². The van der Waals surface area contributed by atoms with E-state index >= 15 is 0 Å². The summed E-state index contributed by atoms with van der Waals surface area (Å²) in [6, 6.07) is 3.68. The third-order valence-electron chi connectivity index (χ3n) is 2.61. The standard InChI is InChI=1S/C12H8N2O2/c15-10-6-11(16)14-12-8-3-1-2-7(8)4-5-9(12)13-10/h1-5H,6H2,(H,13,15). The van der Waals surface area contributed by atoms with Crippen LogP contribution >= 0.6 is 0 Å². The number of hydrogen-bond acceptors (Lipinski definition) is 2. The van der Waals surface area contributed by atoms with E-state index in [4.69, 9.17) is 0 Å². The molecule has 0 aromatic heterocycles. The Balaban J connectivity index is 2.38. The van der Waals surface area contributed by atoms with Gasteiger partial charge in [-0.25, -0.2) is 4.99 Å². The van der Waals surface area contributed by atoms with Crippen molar-refractivity contribution in [3.63, 3.8) is 0 Å². The van der Waals surface area contributed by atoms with Gasteiger partial charge in [0.05, 0.1) is 11.0 Å². The van der Waals surface area contributed by atoms with Crippen molar-refractivity contribution in [3.05, 3.63) is 34.3 Å². The Morgan fingerprint density at radius 3 is 3.00 bits per heavy atom. The van der Waals surface area contributed by atoms with Gasteiger partial charge in [0, 0.05) is 5.22 Å². The number of allylic oxidation sites excluding steroid dienone is 1. The van der Waals surface area contributed by atoms with Crippen molar-refractivity contribution >= 4 is 29.7 Å². The molecule has 1 aliphatic heterocycles. The predicted octanol–water partition coefficient (Wildman–Crippen LogP) is -0.0177. The van der Waals surface area contributed by atoms with Crippen LogP contribution < -0.4 is 15.9 Å². The fourth-order valence-electron chi connectivity index (χ4n) is 1.91. The quantitative estimate of drug-likeness (QED) is 0.614. The van der Waals surface area contributed by atoms with Gasteiger partial charge >= 0.3 is 0 Å². The summed E-state index contributed by atoms with van der Waals surface area (Å²) in [7, 11) is 0. The predicted molar refractivity (Wildman–Crippen MR) is 59.0 cm³/mol. The lowest BCUT2D eigenvalue weighted by Crippen LogP contribution is -2.29. The fraction of sp³-hybridized carbons (Fsp3) is 0.0833. The largest absolute Gasteiger partial charge is 0.324 e. The lowest BCUT2D eigenvalue weighted by atomic mass is 10.1. The molecule has 3 rings (SSSR count). The molecule has 4 heteroatoms. The normalized spacial score (nSPS) is 16.8. The monoisotopic (exact) mass is 212 g/mol. The molecule has 0 bridgehead atoms. The Morgan fingerprint density at radius 1 is 1.25 bits per heavy atom. The molecule has 0 atom stereocenters. The Kier molecular flexibility index (Phi) is 1.77. The first kappa shape index (κ1) is 9.03. The zero-order valence-electron chi connectivity index (χ0n) is 8.36. The molecule has 78 valence electrons. The van der Waals surface area contributed by atoms with Crippen molar-refractivity contribution in [3.8, 4) is 0 Å². The second-order valence-corrected chi connectivity index (χ2v) is 3.72. The van der Waals surface area contributed by atoms with Gasteiger partial charge in [0.15, 0.2) is 0 Å². The summed E-state index contributed by atoms with van der Waals surface area (Å²) >= 11 is 0. The van der Waals surface area contributed by atoms with Crippen molar-refractivity contribution < 1.29 is 9.59 Å². The van der Waals surface area contributed by atoms with Crippen LogP contribution in [0.4, 0.5) is 5.69 Å². The molecule has 1 heterocycles. The average Bonchev–Trinajstić information content (AvgIpc) is 2.64. The van der Waals surface area contributed by atoms with E-state index < -0.39 is 5.91 Å². The number of carbonyl (C=O) groups is 2. The van der Waals surface area contributed by atoms with Gasteiger partial charge in [-0.2, -0.15) is 0 Å². The lowest BCUT2D eigenvalue weighted by molar-refractivity contribution is -0.124. The third-order valence-corrected chi connectivity index (χ3v) is 2.61. The number of nitrogens with zero attached hydrogens (tertiary/aromatic N) is 1. The molecule has 0 fully saturated rings. The van der Waals surface area contributed by atoms with Crippen LogP contribution in [0.5, 0.6) is 0 Å². The summed E-state index contributed by atoms with van der Waals surface area (Å²) in [5.74, 6) is -0.705. The van der Waals surface area contributed by atoms with E-state index in [1.54, 1.807) is 6.07 Å². The third kappa shape index (κ3) is 1.27. The Morgan fingerprint density at radius 2 is 2.12 bits per heavy atom. The molecule has 1 aromatic carbocycles. The van der Waals surface area contributed by atoms with Crippen LogP contribution in [0, 0.1) is 0 Å². The molecule has 1 aromatic rings. The topological polar surface area (TPSA) is 58.5 Å². The van der Waals surface area contributed by atoms with Crippen LogP contribution in [0.15, 0.2) is 23.2 Å². The molecule has 0 radical (unpaired) electrons. The first-order chi connectivity index (χ1) is 7.74. The zero-order chi connectivity index (χ0) is 11.1. The number of nitrogens with one attached hydrogen (secondary N) is 1. The summed E-state index contributed by atoms with van der Waals surface area (Å²) < 4.78 is 0. The van der Waals surface area contributed by atoms with Crippen LogP contribution in [0.2, 0.25) is 0 Å². The fourth-order valence-corrected chi connectivity index (χ4v) is 1.91. The highest BCUT2D eigenvalue weighted by Crippen LogP contribution is 2.07. The van der Waals surface area contributed by atoms with Gasteiger partial charge in [-0.15, -0.1) is 0 Å². The van der Waals surface area contributed by atoms with Gasteiger partial charge in [-0.1, -0.05) is 24.3 Å². The summed E-state index contributed by atoms with van der Waals surface area (Å²) in [6.07, 6.45) is 5.55. The van der Waals surface area contributed by atoms with Crippen LogP contribution in [-0.4, -0.2) is 11.8 Å². The highest BCUT2D eigenvalue weighted by molar-refractivity contribution is 6.05. The summed E-state index contributed by atoms with van der Waals surface area (Å²) in [6.45, 7) is 0. The lowest BCUT2D eigenvalue weighted by Gasteiger charge is -2.01. The molecule has 1 aliphatic carbocycles. The minimum atomic E-state index is -0.398. The highest BCUT2D eigenvalue weighted by Gasteiger charge is 2.16. The second-order valence-electron chi connectivity index (χ2n) is 3.72. The van der Waals surface area contributed by atoms with Crippen molar-refractivity contribution in [2.24, 2.45) is 4.99 Å². The molecular formula is C12H8N2O2. The zero-order valence-corrected chi connectivity index (χ0v) is 8.36. The van der Waals surface area contributed by atoms with Crippen molar-refractivity contribution in [2.45, 2.75) is 6.42 Å². The highest BCUT2D eigenvalue weighted by atomic mass is 16.2. The van der Waals surface area contributed by atoms with Crippen molar-refractivity contribution in [1.29, 1.82) is 0 Å². The van der Waals surface area contributed by atoms with Gasteiger partial charge in [-0.3, -0.25) is 9.59 Å². The molecule has 2 amide bonds. The Bertz CT molecular complexity index is 656.